The third-order valence-corrected chi connectivity index (χ3v) is 4.43. The van der Waals surface area contributed by atoms with Gasteiger partial charge in [0, 0.05) is 24.3 Å². The van der Waals surface area contributed by atoms with Crippen molar-refractivity contribution in [2.75, 3.05) is 30.9 Å². The minimum atomic E-state index is -5.47. The second kappa shape index (κ2) is 8.34. The minimum Gasteiger partial charge on any atom is -0.351 e. The van der Waals surface area contributed by atoms with Gasteiger partial charge in [-0.2, -0.15) is 21.6 Å². The van der Waals surface area contributed by atoms with Crippen molar-refractivity contribution < 1.29 is 26.4 Å². The van der Waals surface area contributed by atoms with Gasteiger partial charge in [-0.25, -0.2) is 0 Å². The molecule has 0 heterocycles. The van der Waals surface area contributed by atoms with Crippen LogP contribution in [-0.4, -0.2) is 50.9 Å². The van der Waals surface area contributed by atoms with Crippen LogP contribution in [0, 0.1) is 0 Å². The fourth-order valence-electron chi connectivity index (χ4n) is 1.87. The molecule has 1 rings (SSSR count). The van der Waals surface area contributed by atoms with E-state index >= 15 is 0 Å². The number of hydrogen-bond acceptors (Lipinski definition) is 4. The number of benzene rings is 1. The SMILES string of the molecule is CCN(CC)CCNC(=O)c1ccc(NS(=O)(=O)C(F)(F)F)cc1. The molecule has 0 aliphatic rings. The lowest BCUT2D eigenvalue weighted by molar-refractivity contribution is -0.0429. The van der Waals surface area contributed by atoms with Crippen LogP contribution < -0.4 is 10.0 Å². The van der Waals surface area contributed by atoms with E-state index in [0.717, 1.165) is 25.2 Å². The Morgan fingerprint density at radius 3 is 2.12 bits per heavy atom. The maximum Gasteiger partial charge on any atom is 0.516 e. The van der Waals surface area contributed by atoms with Crippen molar-refractivity contribution in [2.24, 2.45) is 0 Å². The monoisotopic (exact) mass is 367 g/mol. The smallest absolute Gasteiger partial charge is 0.351 e. The predicted molar refractivity (Wildman–Crippen MR) is 85.2 cm³/mol. The predicted octanol–water partition coefficient (Wildman–Crippen LogP) is 2.02. The molecule has 0 bridgehead atoms. The first kappa shape index (κ1) is 20.2. The summed E-state index contributed by atoms with van der Waals surface area (Å²) in [5, 5.41) is 2.69. The summed E-state index contributed by atoms with van der Waals surface area (Å²) in [6, 6.07) is 4.70. The van der Waals surface area contributed by atoms with Crippen LogP contribution in [0.5, 0.6) is 0 Å². The van der Waals surface area contributed by atoms with E-state index in [9.17, 15) is 26.4 Å². The highest BCUT2D eigenvalue weighted by Gasteiger charge is 2.46. The molecule has 1 amide bonds. The Morgan fingerprint density at radius 2 is 1.67 bits per heavy atom. The molecule has 0 aliphatic carbocycles. The Morgan fingerprint density at radius 1 is 1.12 bits per heavy atom. The standard InChI is InChI=1S/C14H20F3N3O3S/c1-3-20(4-2)10-9-18-13(21)11-5-7-12(8-6-11)19-24(22,23)14(15,16)17/h5-8,19H,3-4,9-10H2,1-2H3,(H,18,21). The molecule has 0 unspecified atom stereocenters. The molecule has 0 saturated carbocycles. The summed E-state index contributed by atoms with van der Waals surface area (Å²) < 4.78 is 60.2. The normalized spacial score (nSPS) is 12.2. The number of carbonyl (C=O) groups is 1. The van der Waals surface area contributed by atoms with Gasteiger partial charge in [-0.15, -0.1) is 0 Å². The van der Waals surface area contributed by atoms with Crippen molar-refractivity contribution in [1.29, 1.82) is 0 Å². The molecule has 0 spiro atoms. The van der Waals surface area contributed by atoms with Crippen molar-refractivity contribution in [3.05, 3.63) is 29.8 Å². The Labute approximate surface area is 139 Å². The van der Waals surface area contributed by atoms with Gasteiger partial charge in [0.2, 0.25) is 0 Å². The number of anilines is 1. The summed E-state index contributed by atoms with van der Waals surface area (Å²) in [6.45, 7) is 6.85. The topological polar surface area (TPSA) is 78.5 Å². The molecule has 0 fully saturated rings. The van der Waals surface area contributed by atoms with Gasteiger partial charge in [-0.1, -0.05) is 13.8 Å². The van der Waals surface area contributed by atoms with Gasteiger partial charge in [-0.05, 0) is 37.4 Å². The highest BCUT2D eigenvalue weighted by atomic mass is 32.2. The van der Waals surface area contributed by atoms with Crippen LogP contribution in [0.2, 0.25) is 0 Å². The third kappa shape index (κ3) is 5.68. The van der Waals surface area contributed by atoms with E-state index in [1.165, 1.54) is 16.9 Å². The number of nitrogens with zero attached hydrogens (tertiary/aromatic N) is 1. The first-order valence-electron chi connectivity index (χ1n) is 7.30. The Hall–Kier alpha value is -1.81. The number of nitrogens with one attached hydrogen (secondary N) is 2. The second-order valence-corrected chi connectivity index (χ2v) is 6.59. The van der Waals surface area contributed by atoms with E-state index in [4.69, 9.17) is 0 Å². The third-order valence-electron chi connectivity index (χ3n) is 3.31. The number of halogens is 3. The molecular formula is C14H20F3N3O3S. The summed E-state index contributed by atoms with van der Waals surface area (Å²) in [7, 11) is -5.47. The largest absolute Gasteiger partial charge is 0.516 e. The first-order chi connectivity index (χ1) is 11.1. The molecule has 1 aromatic carbocycles. The minimum absolute atomic E-state index is 0.226. The molecule has 0 radical (unpaired) electrons. The van der Waals surface area contributed by atoms with Gasteiger partial charge in [0.1, 0.15) is 0 Å². The Bertz CT molecular complexity index is 641. The zero-order valence-corrected chi connectivity index (χ0v) is 14.2. The average molecular weight is 367 g/mol. The number of alkyl halides is 3. The van der Waals surface area contributed by atoms with Gasteiger partial charge in [0.05, 0.1) is 0 Å². The second-order valence-electron chi connectivity index (χ2n) is 4.91. The van der Waals surface area contributed by atoms with E-state index in [-0.39, 0.29) is 17.2 Å². The van der Waals surface area contributed by atoms with Crippen molar-refractivity contribution in [1.82, 2.24) is 10.2 Å². The van der Waals surface area contributed by atoms with Gasteiger partial charge in [0.25, 0.3) is 5.91 Å². The zero-order valence-electron chi connectivity index (χ0n) is 13.4. The van der Waals surface area contributed by atoms with Crippen LogP contribution in [0.15, 0.2) is 24.3 Å². The van der Waals surface area contributed by atoms with E-state index in [1.54, 1.807) is 0 Å². The number of hydrogen-bond donors (Lipinski definition) is 2. The van der Waals surface area contributed by atoms with E-state index in [1.807, 2.05) is 13.8 Å². The summed E-state index contributed by atoms with van der Waals surface area (Å²) >= 11 is 0. The molecule has 0 aliphatic heterocycles. The van der Waals surface area contributed by atoms with Gasteiger partial charge >= 0.3 is 15.5 Å². The van der Waals surface area contributed by atoms with Crippen molar-refractivity contribution in [3.8, 4) is 0 Å². The van der Waals surface area contributed by atoms with Crippen LogP contribution in [0.4, 0.5) is 18.9 Å². The summed E-state index contributed by atoms with van der Waals surface area (Å²) in [5.41, 5.74) is -5.44. The molecule has 24 heavy (non-hydrogen) atoms. The van der Waals surface area contributed by atoms with Crippen LogP contribution in [0.3, 0.4) is 0 Å². The van der Waals surface area contributed by atoms with Gasteiger partial charge < -0.3 is 10.2 Å². The molecule has 0 atom stereocenters. The molecule has 0 aromatic heterocycles. The average Bonchev–Trinajstić information content (AvgIpc) is 2.50. The van der Waals surface area contributed by atoms with Gasteiger partial charge in [-0.3, -0.25) is 9.52 Å². The fraction of sp³-hybridized carbons (Fsp3) is 0.500. The quantitative estimate of drug-likeness (QED) is 0.737. The van der Waals surface area contributed by atoms with Crippen LogP contribution in [-0.2, 0) is 10.0 Å². The van der Waals surface area contributed by atoms with E-state index < -0.39 is 15.5 Å². The molecule has 136 valence electrons. The molecule has 1 aromatic rings. The first-order valence-corrected chi connectivity index (χ1v) is 8.78. The van der Waals surface area contributed by atoms with E-state index in [2.05, 4.69) is 10.2 Å². The number of likely N-dealkylation sites (N-methyl/N-ethyl adjacent to an activating group) is 1. The number of amides is 1. The van der Waals surface area contributed by atoms with Crippen molar-refractivity contribution in [2.45, 2.75) is 19.4 Å². The lowest BCUT2D eigenvalue weighted by atomic mass is 10.2. The van der Waals surface area contributed by atoms with E-state index in [0.29, 0.717) is 13.1 Å². The summed E-state index contributed by atoms with van der Waals surface area (Å²) in [4.78, 5) is 14.0. The maximum atomic E-state index is 12.3. The maximum absolute atomic E-state index is 12.3. The molecule has 10 heteroatoms. The lowest BCUT2D eigenvalue weighted by Gasteiger charge is -2.18. The number of rotatable bonds is 8. The van der Waals surface area contributed by atoms with Crippen molar-refractivity contribution in [3.63, 3.8) is 0 Å². The van der Waals surface area contributed by atoms with Crippen LogP contribution in [0.1, 0.15) is 24.2 Å². The Kier molecular flexibility index (Phi) is 7.03. The number of sulfonamides is 1. The Balaban J connectivity index is 2.63. The van der Waals surface area contributed by atoms with Crippen molar-refractivity contribution >= 4 is 21.6 Å². The van der Waals surface area contributed by atoms with Gasteiger partial charge in [0.15, 0.2) is 0 Å². The lowest BCUT2D eigenvalue weighted by Crippen LogP contribution is -2.34. The summed E-state index contributed by atoms with van der Waals surface area (Å²) in [6.07, 6.45) is 0. The molecule has 6 nitrogen and oxygen atoms in total. The van der Waals surface area contributed by atoms with Crippen LogP contribution >= 0.6 is 0 Å². The number of carbonyl (C=O) groups excluding carboxylic acids is 1. The summed E-state index contributed by atoms with van der Waals surface area (Å²) in [5.74, 6) is -0.382. The highest BCUT2D eigenvalue weighted by molar-refractivity contribution is 7.93. The molecular weight excluding hydrogens is 347 g/mol. The van der Waals surface area contributed by atoms with Crippen LogP contribution in [0.25, 0.3) is 0 Å². The zero-order chi connectivity index (χ0) is 18.4. The fourth-order valence-corrected chi connectivity index (χ4v) is 2.43. The highest BCUT2D eigenvalue weighted by Crippen LogP contribution is 2.25. The molecule has 2 N–H and O–H groups in total. The molecule has 0 saturated heterocycles.